The second-order valence-electron chi connectivity index (χ2n) is 5.02. The molecule has 0 spiro atoms. The van der Waals surface area contributed by atoms with Crippen molar-refractivity contribution in [2.24, 2.45) is 4.99 Å². The molecule has 0 heterocycles. The van der Waals surface area contributed by atoms with E-state index < -0.39 is 0 Å². The van der Waals surface area contributed by atoms with E-state index in [1.54, 1.807) is 0 Å². The molecule has 0 aliphatic heterocycles. The van der Waals surface area contributed by atoms with Crippen molar-refractivity contribution in [3.63, 3.8) is 0 Å². The van der Waals surface area contributed by atoms with E-state index in [0.29, 0.717) is 12.1 Å². The van der Waals surface area contributed by atoms with Crippen molar-refractivity contribution in [1.82, 2.24) is 5.32 Å². The molecule has 0 saturated heterocycles. The first-order valence-electron chi connectivity index (χ1n) is 7.31. The Morgan fingerprint density at radius 3 is 2.52 bits per heavy atom. The van der Waals surface area contributed by atoms with Gasteiger partial charge < -0.3 is 4.74 Å². The average molecular weight is 294 g/mol. The molecule has 5 heteroatoms. The number of amides is 1. The number of aliphatic imine (C=N–C) groups is 1. The molecule has 1 amide bonds. The van der Waals surface area contributed by atoms with E-state index in [4.69, 9.17) is 4.74 Å². The third-order valence-electron chi connectivity index (χ3n) is 2.69. The first-order chi connectivity index (χ1) is 10.0. The van der Waals surface area contributed by atoms with Gasteiger partial charge in [0.25, 0.3) is 11.9 Å². The highest BCUT2D eigenvalue weighted by molar-refractivity contribution is 6.04. The van der Waals surface area contributed by atoms with Crippen molar-refractivity contribution < 1.29 is 13.9 Å². The molecule has 0 saturated carbocycles. The molecule has 0 unspecified atom stereocenters. The Kier molecular flexibility index (Phi) is 7.43. The summed E-state index contributed by atoms with van der Waals surface area (Å²) in [7, 11) is 0. The lowest BCUT2D eigenvalue weighted by molar-refractivity contribution is 0.0959. The van der Waals surface area contributed by atoms with Crippen molar-refractivity contribution in [1.29, 1.82) is 0 Å². The Labute approximate surface area is 125 Å². The van der Waals surface area contributed by atoms with Crippen LogP contribution in [0.4, 0.5) is 4.39 Å². The molecule has 0 fully saturated rings. The van der Waals surface area contributed by atoms with Crippen molar-refractivity contribution in [3.8, 4) is 0 Å². The van der Waals surface area contributed by atoms with Gasteiger partial charge in [-0.25, -0.2) is 9.38 Å². The molecule has 21 heavy (non-hydrogen) atoms. The number of amidine groups is 1. The molecule has 0 bridgehead atoms. The second kappa shape index (κ2) is 9.10. The number of benzene rings is 1. The van der Waals surface area contributed by atoms with Gasteiger partial charge >= 0.3 is 0 Å². The number of unbranched alkanes of at least 4 members (excludes halogenated alkanes) is 2. The number of halogens is 1. The lowest BCUT2D eigenvalue weighted by Crippen LogP contribution is -2.34. The first-order valence-corrected chi connectivity index (χ1v) is 7.31. The quantitative estimate of drug-likeness (QED) is 0.496. The van der Waals surface area contributed by atoms with Crippen LogP contribution < -0.4 is 5.32 Å². The van der Waals surface area contributed by atoms with Crippen LogP contribution in [0, 0.1) is 5.82 Å². The van der Waals surface area contributed by atoms with Crippen LogP contribution in [0.3, 0.4) is 0 Å². The molecule has 0 aromatic heterocycles. The van der Waals surface area contributed by atoms with E-state index in [0.717, 1.165) is 19.3 Å². The summed E-state index contributed by atoms with van der Waals surface area (Å²) in [6.45, 7) is 6.46. The minimum absolute atomic E-state index is 0.0801. The van der Waals surface area contributed by atoms with E-state index in [-0.39, 0.29) is 23.9 Å². The van der Waals surface area contributed by atoms with E-state index >= 15 is 0 Å². The molecular formula is C16H23FN2O2. The molecule has 4 nitrogen and oxygen atoms in total. The summed E-state index contributed by atoms with van der Waals surface area (Å²) < 4.78 is 18.3. The Hall–Kier alpha value is -1.91. The highest BCUT2D eigenvalue weighted by atomic mass is 19.1. The molecule has 1 N–H and O–H groups in total. The number of nitrogens with one attached hydrogen (secondary N) is 1. The number of hydrogen-bond acceptors (Lipinski definition) is 3. The third-order valence-corrected chi connectivity index (χ3v) is 2.69. The lowest BCUT2D eigenvalue weighted by Gasteiger charge is -2.13. The van der Waals surface area contributed by atoms with Gasteiger partial charge in [0.2, 0.25) is 0 Å². The molecule has 1 rings (SSSR count). The van der Waals surface area contributed by atoms with Crippen LogP contribution in [0.5, 0.6) is 0 Å². The summed E-state index contributed by atoms with van der Waals surface area (Å²) in [5.74, 6) is -0.733. The predicted octanol–water partition coefficient (Wildman–Crippen LogP) is 3.53. The van der Waals surface area contributed by atoms with Crippen molar-refractivity contribution >= 4 is 11.9 Å². The number of nitrogens with zero attached hydrogens (tertiary/aromatic N) is 1. The number of carbonyl (C=O) groups is 1. The topological polar surface area (TPSA) is 50.7 Å². The molecule has 1 aromatic rings. The average Bonchev–Trinajstić information content (AvgIpc) is 2.43. The number of ether oxygens (including phenoxy) is 1. The highest BCUT2D eigenvalue weighted by Gasteiger charge is 2.11. The summed E-state index contributed by atoms with van der Waals surface area (Å²) in [4.78, 5) is 16.3. The fraction of sp³-hybridized carbons (Fsp3) is 0.500. The molecular weight excluding hydrogens is 271 g/mol. The standard InChI is InChI=1S/C16H23FN2O2/c1-4-5-6-11-18-16(21-12(2)3)19-15(20)13-7-9-14(17)10-8-13/h7-10,12H,4-6,11H2,1-3H3,(H,18,19,20). The first kappa shape index (κ1) is 17.1. The van der Waals surface area contributed by atoms with Gasteiger partial charge in [0.1, 0.15) is 5.82 Å². The van der Waals surface area contributed by atoms with Crippen LogP contribution in [0.2, 0.25) is 0 Å². The smallest absolute Gasteiger partial charge is 0.291 e. The van der Waals surface area contributed by atoms with E-state index in [2.05, 4.69) is 17.2 Å². The summed E-state index contributed by atoms with van der Waals surface area (Å²) in [6.07, 6.45) is 3.07. The zero-order valence-electron chi connectivity index (χ0n) is 12.9. The maximum atomic E-state index is 12.8. The zero-order valence-corrected chi connectivity index (χ0v) is 12.9. The molecule has 1 aromatic carbocycles. The minimum atomic E-state index is -0.376. The van der Waals surface area contributed by atoms with Crippen molar-refractivity contribution in [3.05, 3.63) is 35.6 Å². The van der Waals surface area contributed by atoms with Crippen molar-refractivity contribution in [2.45, 2.75) is 46.1 Å². The van der Waals surface area contributed by atoms with Crippen LogP contribution >= 0.6 is 0 Å². The Morgan fingerprint density at radius 1 is 1.29 bits per heavy atom. The van der Waals surface area contributed by atoms with Gasteiger partial charge in [-0.1, -0.05) is 19.8 Å². The van der Waals surface area contributed by atoms with Gasteiger partial charge in [-0.05, 0) is 44.5 Å². The molecule has 0 aliphatic rings. The fourth-order valence-corrected chi connectivity index (χ4v) is 1.64. The second-order valence-corrected chi connectivity index (χ2v) is 5.02. The summed E-state index contributed by atoms with van der Waals surface area (Å²) in [5.41, 5.74) is 0.366. The third kappa shape index (κ3) is 6.88. The normalized spacial score (nSPS) is 11.6. The Bertz CT molecular complexity index is 470. The molecule has 0 radical (unpaired) electrons. The van der Waals surface area contributed by atoms with Crippen molar-refractivity contribution in [2.75, 3.05) is 6.54 Å². The van der Waals surface area contributed by atoms with E-state index in [1.165, 1.54) is 24.3 Å². The minimum Gasteiger partial charge on any atom is -0.462 e. The zero-order chi connectivity index (χ0) is 15.7. The Morgan fingerprint density at radius 2 is 1.95 bits per heavy atom. The van der Waals surface area contributed by atoms with Gasteiger partial charge in [0, 0.05) is 12.1 Å². The predicted molar refractivity (Wildman–Crippen MR) is 81.9 cm³/mol. The van der Waals surface area contributed by atoms with Gasteiger partial charge in [-0.15, -0.1) is 0 Å². The molecule has 0 atom stereocenters. The molecule has 0 aliphatic carbocycles. The van der Waals surface area contributed by atoms with Crippen LogP contribution in [0.25, 0.3) is 0 Å². The highest BCUT2D eigenvalue weighted by Crippen LogP contribution is 2.03. The lowest BCUT2D eigenvalue weighted by atomic mass is 10.2. The Balaban J connectivity index is 2.66. The van der Waals surface area contributed by atoms with E-state index in [9.17, 15) is 9.18 Å². The SMILES string of the molecule is CCCCCN=C(NC(=O)c1ccc(F)cc1)OC(C)C. The number of hydrogen-bond donors (Lipinski definition) is 1. The van der Waals surface area contributed by atoms with Gasteiger partial charge in [0.05, 0.1) is 6.10 Å². The maximum absolute atomic E-state index is 12.8. The summed E-state index contributed by atoms with van der Waals surface area (Å²) in [6, 6.07) is 5.56. The van der Waals surface area contributed by atoms with Crippen LogP contribution in [-0.2, 0) is 4.74 Å². The fourth-order valence-electron chi connectivity index (χ4n) is 1.64. The number of rotatable bonds is 6. The van der Waals surface area contributed by atoms with Crippen LogP contribution in [0.15, 0.2) is 29.3 Å². The number of carbonyl (C=O) groups excluding carboxylic acids is 1. The largest absolute Gasteiger partial charge is 0.462 e. The van der Waals surface area contributed by atoms with Gasteiger partial charge in [-0.3, -0.25) is 10.1 Å². The van der Waals surface area contributed by atoms with Crippen LogP contribution in [0.1, 0.15) is 50.4 Å². The monoisotopic (exact) mass is 294 g/mol. The molecule has 116 valence electrons. The maximum Gasteiger partial charge on any atom is 0.291 e. The van der Waals surface area contributed by atoms with Gasteiger partial charge in [-0.2, -0.15) is 0 Å². The summed E-state index contributed by atoms with van der Waals surface area (Å²) in [5, 5.41) is 2.63. The summed E-state index contributed by atoms with van der Waals surface area (Å²) >= 11 is 0. The van der Waals surface area contributed by atoms with E-state index in [1.807, 2.05) is 13.8 Å². The van der Waals surface area contributed by atoms with Crippen LogP contribution in [-0.4, -0.2) is 24.6 Å². The van der Waals surface area contributed by atoms with Gasteiger partial charge in [0.15, 0.2) is 0 Å².